The number of carbonyl (C=O) groups is 1. The molecule has 0 aliphatic carbocycles. The van der Waals surface area contributed by atoms with E-state index in [0.717, 1.165) is 21.6 Å². The largest absolute Gasteiger partial charge is 0.497 e. The Kier molecular flexibility index (Phi) is 5.11. The molecule has 0 fully saturated rings. The first-order valence-corrected chi connectivity index (χ1v) is 8.47. The minimum absolute atomic E-state index is 0.0418. The highest BCUT2D eigenvalue weighted by Crippen LogP contribution is 2.22. The Bertz CT molecular complexity index is 993. The average molecular weight is 351 g/mol. The maximum absolute atomic E-state index is 12.5. The van der Waals surface area contributed by atoms with Gasteiger partial charge in [0.25, 0.3) is 5.56 Å². The maximum Gasteiger partial charge on any atom is 0.278 e. The molecule has 1 aromatic heterocycles. The molecule has 0 N–H and O–H groups in total. The molecule has 0 bridgehead atoms. The van der Waals surface area contributed by atoms with Gasteiger partial charge in [-0.15, -0.1) is 5.10 Å². The summed E-state index contributed by atoms with van der Waals surface area (Å²) in [5.74, 6) is 0.761. The Labute approximate surface area is 151 Å². The van der Waals surface area contributed by atoms with Crippen molar-refractivity contribution in [2.24, 2.45) is 0 Å². The number of aryl methyl sites for hydroxylation is 1. The van der Waals surface area contributed by atoms with Crippen molar-refractivity contribution >= 4 is 16.7 Å². The van der Waals surface area contributed by atoms with Crippen LogP contribution >= 0.6 is 0 Å². The second-order valence-electron chi connectivity index (χ2n) is 6.49. The van der Waals surface area contributed by atoms with Gasteiger partial charge < -0.3 is 4.74 Å². The molecule has 0 aliphatic heterocycles. The van der Waals surface area contributed by atoms with E-state index in [1.807, 2.05) is 50.2 Å². The van der Waals surface area contributed by atoms with Gasteiger partial charge >= 0.3 is 0 Å². The van der Waals surface area contributed by atoms with Crippen molar-refractivity contribution in [2.45, 2.75) is 32.7 Å². The van der Waals surface area contributed by atoms with E-state index < -0.39 is 0 Å². The summed E-state index contributed by atoms with van der Waals surface area (Å²) >= 11 is 0. The van der Waals surface area contributed by atoms with Crippen molar-refractivity contribution in [3.8, 4) is 5.75 Å². The third-order valence-corrected chi connectivity index (χ3v) is 4.42. The Morgan fingerprint density at radius 2 is 1.92 bits per heavy atom. The smallest absolute Gasteiger partial charge is 0.278 e. The fraction of sp³-hybridized carbons (Fsp3) is 0.300. The third-order valence-electron chi connectivity index (χ3n) is 4.42. The van der Waals surface area contributed by atoms with E-state index >= 15 is 0 Å². The van der Waals surface area contributed by atoms with Gasteiger partial charge in [0.1, 0.15) is 17.8 Å². The predicted molar refractivity (Wildman–Crippen MR) is 99.6 cm³/mol. The molecule has 6 nitrogen and oxygen atoms in total. The quantitative estimate of drug-likeness (QED) is 0.683. The van der Waals surface area contributed by atoms with Gasteiger partial charge in [-0.1, -0.05) is 30.3 Å². The number of hydrogen-bond donors (Lipinski definition) is 0. The zero-order valence-corrected chi connectivity index (χ0v) is 15.1. The number of benzene rings is 2. The number of ether oxygens (including phenoxy) is 1. The van der Waals surface area contributed by atoms with Crippen LogP contribution in [0.2, 0.25) is 0 Å². The van der Waals surface area contributed by atoms with Crippen LogP contribution in [0.15, 0.2) is 47.3 Å². The first kappa shape index (κ1) is 17.8. The fourth-order valence-electron chi connectivity index (χ4n) is 2.91. The maximum atomic E-state index is 12.5. The van der Waals surface area contributed by atoms with E-state index in [0.29, 0.717) is 17.3 Å². The molecular weight excluding hydrogens is 330 g/mol. The zero-order valence-electron chi connectivity index (χ0n) is 15.1. The number of aromatic nitrogens is 3. The average Bonchev–Trinajstić information content (AvgIpc) is 2.64. The van der Waals surface area contributed by atoms with E-state index in [4.69, 9.17) is 4.74 Å². The minimum atomic E-state index is -0.291. The zero-order chi connectivity index (χ0) is 18.7. The molecule has 2 aromatic carbocycles. The van der Waals surface area contributed by atoms with Gasteiger partial charge in [0.15, 0.2) is 5.78 Å². The number of carbonyl (C=O) groups excluding carboxylic acids is 1. The number of Topliss-reactive ketones (excluding diaryl/α,β-unsaturated/α-hetero) is 1. The second kappa shape index (κ2) is 7.47. The highest BCUT2D eigenvalue weighted by molar-refractivity contribution is 5.80. The molecule has 134 valence electrons. The van der Waals surface area contributed by atoms with Crippen LogP contribution in [-0.4, -0.2) is 27.9 Å². The van der Waals surface area contributed by atoms with Gasteiger partial charge in [0.2, 0.25) is 0 Å². The monoisotopic (exact) mass is 351 g/mol. The Morgan fingerprint density at radius 1 is 1.19 bits per heavy atom. The molecule has 0 unspecified atom stereocenters. The molecule has 3 rings (SSSR count). The lowest BCUT2D eigenvalue weighted by molar-refractivity contribution is -0.120. The highest BCUT2D eigenvalue weighted by Gasteiger charge is 2.14. The van der Waals surface area contributed by atoms with Crippen LogP contribution < -0.4 is 10.3 Å². The van der Waals surface area contributed by atoms with E-state index in [1.165, 1.54) is 0 Å². The molecule has 0 spiro atoms. The lowest BCUT2D eigenvalue weighted by Gasteiger charge is -2.12. The molecule has 26 heavy (non-hydrogen) atoms. The molecular formula is C20H21N3O3. The molecule has 1 atom stereocenters. The number of ketones is 1. The van der Waals surface area contributed by atoms with Crippen LogP contribution in [0.25, 0.3) is 10.9 Å². The molecule has 0 aliphatic rings. The van der Waals surface area contributed by atoms with Crippen LogP contribution in [0.5, 0.6) is 5.75 Å². The number of rotatable bonds is 6. The normalized spacial score (nSPS) is 12.1. The molecule has 3 aromatic rings. The van der Waals surface area contributed by atoms with Crippen molar-refractivity contribution < 1.29 is 9.53 Å². The topological polar surface area (TPSA) is 74.1 Å². The summed E-state index contributed by atoms with van der Waals surface area (Å²) in [6.45, 7) is 3.84. The third kappa shape index (κ3) is 3.79. The molecule has 0 amide bonds. The van der Waals surface area contributed by atoms with E-state index in [2.05, 4.69) is 10.3 Å². The summed E-state index contributed by atoms with van der Waals surface area (Å²) in [6.07, 6.45) is 0.326. The van der Waals surface area contributed by atoms with Gasteiger partial charge in [0.05, 0.1) is 12.5 Å². The van der Waals surface area contributed by atoms with Crippen molar-refractivity contribution in [1.29, 1.82) is 0 Å². The molecule has 1 heterocycles. The predicted octanol–water partition coefficient (Wildman–Crippen LogP) is 2.87. The highest BCUT2D eigenvalue weighted by atomic mass is 16.5. The number of nitrogens with zero attached hydrogens (tertiary/aromatic N) is 3. The summed E-state index contributed by atoms with van der Waals surface area (Å²) in [5, 5.41) is 8.44. The summed E-state index contributed by atoms with van der Waals surface area (Å²) in [6, 6.07) is 13.0. The molecule has 0 radical (unpaired) electrons. The Balaban J connectivity index is 1.73. The lowest BCUT2D eigenvalue weighted by Crippen LogP contribution is -2.28. The van der Waals surface area contributed by atoms with Crippen molar-refractivity contribution in [3.63, 3.8) is 0 Å². The van der Waals surface area contributed by atoms with E-state index in [-0.39, 0.29) is 23.8 Å². The van der Waals surface area contributed by atoms with Crippen molar-refractivity contribution in [3.05, 3.63) is 63.9 Å². The summed E-state index contributed by atoms with van der Waals surface area (Å²) in [4.78, 5) is 24.9. The van der Waals surface area contributed by atoms with Crippen molar-refractivity contribution in [1.82, 2.24) is 15.0 Å². The fourth-order valence-corrected chi connectivity index (χ4v) is 2.91. The van der Waals surface area contributed by atoms with Crippen LogP contribution in [0.3, 0.4) is 0 Å². The van der Waals surface area contributed by atoms with Gasteiger partial charge in [0, 0.05) is 6.42 Å². The van der Waals surface area contributed by atoms with Gasteiger partial charge in [-0.05, 0) is 48.2 Å². The first-order valence-electron chi connectivity index (χ1n) is 8.47. The van der Waals surface area contributed by atoms with Crippen LogP contribution in [0.1, 0.15) is 30.4 Å². The van der Waals surface area contributed by atoms with Gasteiger partial charge in [-0.2, -0.15) is 0 Å². The molecule has 0 saturated heterocycles. The first-order chi connectivity index (χ1) is 12.5. The molecule has 0 saturated carbocycles. The second-order valence-corrected chi connectivity index (χ2v) is 6.49. The number of hydrogen-bond acceptors (Lipinski definition) is 5. The van der Waals surface area contributed by atoms with E-state index in [9.17, 15) is 9.59 Å². The van der Waals surface area contributed by atoms with Gasteiger partial charge in [-0.3, -0.25) is 9.59 Å². The number of methoxy groups -OCH3 is 1. The summed E-state index contributed by atoms with van der Waals surface area (Å²) < 4.78 is 6.28. The van der Waals surface area contributed by atoms with Crippen LogP contribution in [0.4, 0.5) is 0 Å². The lowest BCUT2D eigenvalue weighted by atomic mass is 9.95. The van der Waals surface area contributed by atoms with Crippen LogP contribution in [-0.2, 0) is 11.3 Å². The SMILES string of the molecule is COc1ccc([C@H](C)CC(=O)Cn2nnc3cc(C)ccc3c2=O)cc1. The number of fused-ring (bicyclic) bond motifs is 1. The Hall–Kier alpha value is -3.02. The van der Waals surface area contributed by atoms with E-state index in [1.54, 1.807) is 13.2 Å². The minimum Gasteiger partial charge on any atom is -0.497 e. The molecule has 6 heteroatoms. The Morgan fingerprint density at radius 3 is 2.62 bits per heavy atom. The standard InChI is InChI=1S/C20H21N3O3/c1-13-4-9-18-19(10-13)21-22-23(20(18)25)12-16(24)11-14(2)15-5-7-17(26-3)8-6-15/h4-10,14H,11-12H2,1-3H3/t14-/m1/s1. The summed E-state index contributed by atoms with van der Waals surface area (Å²) in [7, 11) is 1.62. The summed E-state index contributed by atoms with van der Waals surface area (Å²) in [5.41, 5.74) is 2.31. The van der Waals surface area contributed by atoms with Crippen LogP contribution in [0, 0.1) is 6.92 Å². The van der Waals surface area contributed by atoms with Gasteiger partial charge in [-0.25, -0.2) is 4.68 Å². The van der Waals surface area contributed by atoms with Crippen molar-refractivity contribution in [2.75, 3.05) is 7.11 Å².